The van der Waals surface area contributed by atoms with Gasteiger partial charge in [0.25, 0.3) is 0 Å². The highest BCUT2D eigenvalue weighted by Crippen LogP contribution is 2.09. The molecule has 2 N–H and O–H groups in total. The first-order valence-electron chi connectivity index (χ1n) is 9.00. The van der Waals surface area contributed by atoms with Crippen molar-refractivity contribution < 1.29 is 14.3 Å². The third-order valence-corrected chi connectivity index (χ3v) is 4.61. The summed E-state index contributed by atoms with van der Waals surface area (Å²) in [5.41, 5.74) is 1.12. The van der Waals surface area contributed by atoms with E-state index in [1.165, 1.54) is 0 Å². The fourth-order valence-corrected chi connectivity index (χ4v) is 3.33. The Morgan fingerprint density at radius 1 is 1.48 bits per heavy atom. The van der Waals surface area contributed by atoms with Crippen molar-refractivity contribution in [2.75, 3.05) is 32.8 Å². The standard InChI is InChI=1S/C17H27N5O3/c1-13-8-19-22(9-13)11-14-10-21(6-7-25-14)12-16(23)20-15-4-2-3-5-18-17(15)24/h8-9,14-15H,2-7,10-12H2,1H3,(H,18,24)(H,20,23)/t14-,15+/m1/s1. The summed E-state index contributed by atoms with van der Waals surface area (Å²) in [4.78, 5) is 26.3. The number of ether oxygens (including phenoxy) is 1. The monoisotopic (exact) mass is 349 g/mol. The van der Waals surface area contributed by atoms with Gasteiger partial charge in [-0.2, -0.15) is 5.10 Å². The maximum absolute atomic E-state index is 12.3. The molecule has 0 bridgehead atoms. The number of morpholine rings is 1. The highest BCUT2D eigenvalue weighted by atomic mass is 16.5. The molecule has 2 atom stereocenters. The third-order valence-electron chi connectivity index (χ3n) is 4.61. The molecule has 0 spiro atoms. The minimum Gasteiger partial charge on any atom is -0.374 e. The quantitative estimate of drug-likeness (QED) is 0.760. The lowest BCUT2D eigenvalue weighted by Crippen LogP contribution is -2.51. The highest BCUT2D eigenvalue weighted by Gasteiger charge is 2.26. The summed E-state index contributed by atoms with van der Waals surface area (Å²) in [7, 11) is 0. The zero-order valence-corrected chi connectivity index (χ0v) is 14.7. The van der Waals surface area contributed by atoms with Crippen molar-refractivity contribution >= 4 is 11.8 Å². The van der Waals surface area contributed by atoms with Crippen molar-refractivity contribution in [3.8, 4) is 0 Å². The Labute approximate surface area is 147 Å². The van der Waals surface area contributed by atoms with E-state index in [0.717, 1.165) is 24.9 Å². The molecule has 3 rings (SSSR count). The molecule has 8 nitrogen and oxygen atoms in total. The number of aryl methyl sites for hydroxylation is 1. The molecule has 138 valence electrons. The summed E-state index contributed by atoms with van der Waals surface area (Å²) in [6.07, 6.45) is 6.46. The summed E-state index contributed by atoms with van der Waals surface area (Å²) in [5, 5.41) is 10.0. The number of carbonyl (C=O) groups excluding carboxylic acids is 2. The van der Waals surface area contributed by atoms with E-state index >= 15 is 0 Å². The second-order valence-corrected chi connectivity index (χ2v) is 6.87. The number of aromatic nitrogens is 2. The molecule has 0 unspecified atom stereocenters. The van der Waals surface area contributed by atoms with Gasteiger partial charge >= 0.3 is 0 Å². The summed E-state index contributed by atoms with van der Waals surface area (Å²) in [5.74, 6) is -0.169. The topological polar surface area (TPSA) is 88.5 Å². The summed E-state index contributed by atoms with van der Waals surface area (Å²) in [6.45, 7) is 5.68. The molecule has 2 fully saturated rings. The van der Waals surface area contributed by atoms with Crippen LogP contribution in [0.5, 0.6) is 0 Å². The van der Waals surface area contributed by atoms with E-state index in [4.69, 9.17) is 4.74 Å². The fraction of sp³-hybridized carbons (Fsp3) is 0.706. The molecular weight excluding hydrogens is 322 g/mol. The Morgan fingerprint density at radius 2 is 2.36 bits per heavy atom. The normalized spacial score (nSPS) is 25.2. The summed E-state index contributed by atoms with van der Waals surface area (Å²) < 4.78 is 7.66. The Kier molecular flexibility index (Phi) is 6.04. The van der Waals surface area contributed by atoms with Crippen molar-refractivity contribution in [1.29, 1.82) is 0 Å². The Hall–Kier alpha value is -1.93. The molecule has 3 heterocycles. The maximum Gasteiger partial charge on any atom is 0.242 e. The lowest BCUT2D eigenvalue weighted by molar-refractivity contribution is -0.130. The zero-order chi connectivity index (χ0) is 17.6. The van der Waals surface area contributed by atoms with Crippen molar-refractivity contribution in [2.45, 2.75) is 44.9 Å². The van der Waals surface area contributed by atoms with E-state index in [1.807, 2.05) is 24.0 Å². The smallest absolute Gasteiger partial charge is 0.242 e. The third kappa shape index (κ3) is 5.27. The fourth-order valence-electron chi connectivity index (χ4n) is 3.33. The minimum atomic E-state index is -0.404. The summed E-state index contributed by atoms with van der Waals surface area (Å²) >= 11 is 0. The first-order valence-corrected chi connectivity index (χ1v) is 9.00. The Morgan fingerprint density at radius 3 is 3.16 bits per heavy atom. The minimum absolute atomic E-state index is 0.0158. The predicted molar refractivity (Wildman–Crippen MR) is 91.9 cm³/mol. The average molecular weight is 349 g/mol. The first-order chi connectivity index (χ1) is 12.1. The first kappa shape index (κ1) is 17.9. The lowest BCUT2D eigenvalue weighted by atomic mass is 10.1. The molecule has 1 aromatic heterocycles. The van der Waals surface area contributed by atoms with Gasteiger partial charge in [0, 0.05) is 25.8 Å². The van der Waals surface area contributed by atoms with Crippen LogP contribution in [0.15, 0.2) is 12.4 Å². The highest BCUT2D eigenvalue weighted by molar-refractivity contribution is 5.88. The number of hydrogen-bond donors (Lipinski definition) is 2. The Balaban J connectivity index is 1.46. The van der Waals surface area contributed by atoms with Gasteiger partial charge in [-0.1, -0.05) is 0 Å². The average Bonchev–Trinajstić information content (AvgIpc) is 2.87. The molecule has 2 saturated heterocycles. The summed E-state index contributed by atoms with van der Waals surface area (Å²) in [6, 6.07) is -0.404. The van der Waals surface area contributed by atoms with E-state index in [1.54, 1.807) is 0 Å². The SMILES string of the molecule is Cc1cnn(C[C@H]2CN(CC(=O)N[C@H]3CCCCNC3=O)CCO2)c1. The van der Waals surface area contributed by atoms with Crippen LogP contribution in [-0.2, 0) is 20.9 Å². The van der Waals surface area contributed by atoms with Crippen molar-refractivity contribution in [3.05, 3.63) is 18.0 Å². The van der Waals surface area contributed by atoms with Crippen molar-refractivity contribution in [3.63, 3.8) is 0 Å². The van der Waals surface area contributed by atoms with Gasteiger partial charge in [-0.15, -0.1) is 0 Å². The molecule has 8 heteroatoms. The molecule has 0 saturated carbocycles. The maximum atomic E-state index is 12.3. The Bertz CT molecular complexity index is 603. The van der Waals surface area contributed by atoms with Crippen LogP contribution in [0.1, 0.15) is 24.8 Å². The van der Waals surface area contributed by atoms with Crippen LogP contribution >= 0.6 is 0 Å². The predicted octanol–water partition coefficient (Wildman–Crippen LogP) is -0.323. The lowest BCUT2D eigenvalue weighted by Gasteiger charge is -2.32. The van der Waals surface area contributed by atoms with E-state index in [2.05, 4.69) is 20.6 Å². The molecule has 2 aliphatic rings. The van der Waals surface area contributed by atoms with Crippen LogP contribution in [0, 0.1) is 6.92 Å². The number of rotatable bonds is 5. The van der Waals surface area contributed by atoms with E-state index in [0.29, 0.717) is 39.2 Å². The molecule has 25 heavy (non-hydrogen) atoms. The van der Waals surface area contributed by atoms with Gasteiger partial charge in [0.2, 0.25) is 11.8 Å². The molecule has 0 aromatic carbocycles. The van der Waals surface area contributed by atoms with Crippen LogP contribution in [0.4, 0.5) is 0 Å². The number of hydrogen-bond acceptors (Lipinski definition) is 5. The van der Waals surface area contributed by atoms with Gasteiger partial charge in [0.15, 0.2) is 0 Å². The van der Waals surface area contributed by atoms with Crippen LogP contribution in [0.25, 0.3) is 0 Å². The van der Waals surface area contributed by atoms with E-state index in [-0.39, 0.29) is 17.9 Å². The largest absolute Gasteiger partial charge is 0.374 e. The van der Waals surface area contributed by atoms with Crippen LogP contribution in [-0.4, -0.2) is 71.4 Å². The van der Waals surface area contributed by atoms with Crippen molar-refractivity contribution in [1.82, 2.24) is 25.3 Å². The molecule has 1 aromatic rings. The van der Waals surface area contributed by atoms with Crippen LogP contribution < -0.4 is 10.6 Å². The molecule has 0 radical (unpaired) electrons. The van der Waals surface area contributed by atoms with Gasteiger partial charge in [-0.05, 0) is 31.7 Å². The zero-order valence-electron chi connectivity index (χ0n) is 14.7. The number of nitrogens with one attached hydrogen (secondary N) is 2. The number of amides is 2. The molecule has 0 aliphatic carbocycles. The second kappa shape index (κ2) is 8.44. The van der Waals surface area contributed by atoms with Crippen LogP contribution in [0.2, 0.25) is 0 Å². The van der Waals surface area contributed by atoms with Gasteiger partial charge < -0.3 is 15.4 Å². The van der Waals surface area contributed by atoms with Crippen LogP contribution in [0.3, 0.4) is 0 Å². The number of carbonyl (C=O) groups is 2. The van der Waals surface area contributed by atoms with E-state index in [9.17, 15) is 9.59 Å². The second-order valence-electron chi connectivity index (χ2n) is 6.87. The molecule has 2 aliphatic heterocycles. The molecular formula is C17H27N5O3. The van der Waals surface area contributed by atoms with Gasteiger partial charge in [-0.25, -0.2) is 0 Å². The van der Waals surface area contributed by atoms with Gasteiger partial charge in [0.05, 0.1) is 32.0 Å². The number of nitrogens with zero attached hydrogens (tertiary/aromatic N) is 3. The van der Waals surface area contributed by atoms with E-state index < -0.39 is 6.04 Å². The molecule has 2 amide bonds. The van der Waals surface area contributed by atoms with Gasteiger partial charge in [-0.3, -0.25) is 19.2 Å². The van der Waals surface area contributed by atoms with Crippen molar-refractivity contribution in [2.24, 2.45) is 0 Å². The van der Waals surface area contributed by atoms with Gasteiger partial charge in [0.1, 0.15) is 6.04 Å².